The normalized spacial score (nSPS) is 11.0. The summed E-state index contributed by atoms with van der Waals surface area (Å²) in [7, 11) is 0. The van der Waals surface area contributed by atoms with Gasteiger partial charge in [-0.25, -0.2) is 0 Å². The Bertz CT molecular complexity index is 445. The molecule has 1 aromatic heterocycles. The average Bonchev–Trinajstić information content (AvgIpc) is 2.50. The first-order valence-electron chi connectivity index (χ1n) is 3.94. The van der Waals surface area contributed by atoms with Gasteiger partial charge >= 0.3 is 0 Å². The van der Waals surface area contributed by atoms with Gasteiger partial charge in [-0.1, -0.05) is 6.07 Å². The van der Waals surface area contributed by atoms with Gasteiger partial charge in [0.1, 0.15) is 0 Å². The molecular weight excluding hydrogens is 311 g/mol. The molecule has 0 saturated heterocycles. The molecule has 0 amide bonds. The van der Waals surface area contributed by atoms with Gasteiger partial charge in [-0.3, -0.25) is 0 Å². The van der Waals surface area contributed by atoms with E-state index in [1.165, 1.54) is 24.1 Å². The molecule has 1 aromatic carbocycles. The summed E-state index contributed by atoms with van der Waals surface area (Å²) in [6, 6.07) is 4.45. The lowest BCUT2D eigenvalue weighted by atomic mass is 10.2. The lowest BCUT2D eigenvalue weighted by Crippen LogP contribution is -1.78. The van der Waals surface area contributed by atoms with E-state index in [4.69, 9.17) is 0 Å². The van der Waals surface area contributed by atoms with Crippen LogP contribution in [-0.2, 0) is 0 Å². The van der Waals surface area contributed by atoms with E-state index in [-0.39, 0.29) is 0 Å². The van der Waals surface area contributed by atoms with E-state index in [9.17, 15) is 0 Å². The number of fused-ring (bicyclic) bond motifs is 1. The van der Waals surface area contributed by atoms with Crippen molar-refractivity contribution in [3.05, 3.63) is 26.6 Å². The van der Waals surface area contributed by atoms with E-state index in [2.05, 4.69) is 53.3 Å². The highest BCUT2D eigenvalue weighted by molar-refractivity contribution is 14.1. The summed E-state index contributed by atoms with van der Waals surface area (Å²) >= 11 is 6.07. The van der Waals surface area contributed by atoms with Crippen molar-refractivity contribution in [2.75, 3.05) is 6.26 Å². The largest absolute Gasteiger partial charge is 0.142 e. The lowest BCUT2D eigenvalue weighted by molar-refractivity contribution is 1.36. The highest BCUT2D eigenvalue weighted by atomic mass is 127. The fourth-order valence-corrected chi connectivity index (χ4v) is 4.04. The molecular formula is C10H9IS2. The van der Waals surface area contributed by atoms with Crippen LogP contribution in [0.5, 0.6) is 0 Å². The van der Waals surface area contributed by atoms with Crippen LogP contribution in [0.25, 0.3) is 10.1 Å². The summed E-state index contributed by atoms with van der Waals surface area (Å²) in [6.07, 6.45) is 2.13. The van der Waals surface area contributed by atoms with Crippen LogP contribution >= 0.6 is 45.7 Å². The fraction of sp³-hybridized carbons (Fsp3) is 0.200. The number of aryl methyl sites for hydroxylation is 1. The van der Waals surface area contributed by atoms with E-state index < -0.39 is 0 Å². The Kier molecular flexibility index (Phi) is 2.86. The zero-order valence-electron chi connectivity index (χ0n) is 7.43. The van der Waals surface area contributed by atoms with Crippen molar-refractivity contribution in [1.82, 2.24) is 0 Å². The van der Waals surface area contributed by atoms with Crippen LogP contribution in [0.15, 0.2) is 22.4 Å². The number of thioether (sulfide) groups is 1. The molecule has 68 valence electrons. The smallest absolute Gasteiger partial charge is 0.0394 e. The maximum atomic E-state index is 2.40. The number of benzene rings is 1. The summed E-state index contributed by atoms with van der Waals surface area (Å²) in [5, 5.41) is 3.63. The second-order valence-electron chi connectivity index (χ2n) is 2.85. The molecule has 1 heterocycles. The minimum Gasteiger partial charge on any atom is -0.142 e. The average molecular weight is 320 g/mol. The number of hydrogen-bond donors (Lipinski definition) is 0. The van der Waals surface area contributed by atoms with Crippen molar-refractivity contribution >= 4 is 55.8 Å². The van der Waals surface area contributed by atoms with Crippen LogP contribution in [0.2, 0.25) is 0 Å². The van der Waals surface area contributed by atoms with Crippen LogP contribution in [-0.4, -0.2) is 6.26 Å². The van der Waals surface area contributed by atoms with Crippen molar-refractivity contribution in [2.24, 2.45) is 0 Å². The zero-order chi connectivity index (χ0) is 9.42. The predicted octanol–water partition coefficient (Wildman–Crippen LogP) is 4.54. The molecule has 13 heavy (non-hydrogen) atoms. The molecule has 0 aliphatic rings. The van der Waals surface area contributed by atoms with Crippen LogP contribution in [0.1, 0.15) is 5.56 Å². The standard InChI is InChI=1S/C10H9IS2/c1-6-9(12-2)4-3-7-8(11)5-13-10(6)7/h3-5H,1-2H3. The Labute approximate surface area is 99.9 Å². The van der Waals surface area contributed by atoms with E-state index in [0.29, 0.717) is 0 Å². The first kappa shape index (κ1) is 9.80. The Morgan fingerprint density at radius 3 is 2.85 bits per heavy atom. The molecule has 0 aliphatic heterocycles. The van der Waals surface area contributed by atoms with Crippen molar-refractivity contribution in [3.8, 4) is 0 Å². The van der Waals surface area contributed by atoms with Gasteiger partial charge < -0.3 is 0 Å². The summed E-state index contributed by atoms with van der Waals surface area (Å²) in [4.78, 5) is 1.39. The summed E-state index contributed by atoms with van der Waals surface area (Å²) in [5.41, 5.74) is 1.43. The van der Waals surface area contributed by atoms with Crippen LogP contribution in [0.3, 0.4) is 0 Å². The van der Waals surface area contributed by atoms with Crippen molar-refractivity contribution < 1.29 is 0 Å². The molecule has 0 nitrogen and oxygen atoms in total. The van der Waals surface area contributed by atoms with Gasteiger partial charge in [0.15, 0.2) is 0 Å². The van der Waals surface area contributed by atoms with Gasteiger partial charge in [0.05, 0.1) is 0 Å². The molecule has 0 spiro atoms. The second-order valence-corrected chi connectivity index (χ2v) is 5.74. The van der Waals surface area contributed by atoms with Crippen molar-refractivity contribution in [2.45, 2.75) is 11.8 Å². The molecule has 2 rings (SSSR count). The van der Waals surface area contributed by atoms with Gasteiger partial charge in [0, 0.05) is 23.9 Å². The monoisotopic (exact) mass is 320 g/mol. The highest BCUT2D eigenvalue weighted by Gasteiger charge is 2.06. The molecule has 0 fully saturated rings. The van der Waals surface area contributed by atoms with Gasteiger partial charge in [0.2, 0.25) is 0 Å². The zero-order valence-corrected chi connectivity index (χ0v) is 11.2. The third kappa shape index (κ3) is 1.62. The quantitative estimate of drug-likeness (QED) is 0.549. The third-order valence-corrected chi connectivity index (χ3v) is 5.43. The van der Waals surface area contributed by atoms with Crippen molar-refractivity contribution in [3.63, 3.8) is 0 Å². The first-order valence-corrected chi connectivity index (χ1v) is 7.12. The SMILES string of the molecule is CSc1ccc2c(I)csc2c1C. The Morgan fingerprint density at radius 2 is 2.15 bits per heavy atom. The molecule has 0 atom stereocenters. The topological polar surface area (TPSA) is 0 Å². The van der Waals surface area contributed by atoms with Gasteiger partial charge in [-0.2, -0.15) is 0 Å². The van der Waals surface area contributed by atoms with Gasteiger partial charge in [0.25, 0.3) is 0 Å². The molecule has 0 bridgehead atoms. The molecule has 0 radical (unpaired) electrons. The molecule has 0 saturated carbocycles. The first-order chi connectivity index (χ1) is 6.24. The number of rotatable bonds is 1. The van der Waals surface area contributed by atoms with E-state index >= 15 is 0 Å². The fourth-order valence-electron chi connectivity index (χ4n) is 1.41. The molecule has 3 heteroatoms. The summed E-state index contributed by atoms with van der Waals surface area (Å²) in [6.45, 7) is 2.21. The number of halogens is 1. The number of hydrogen-bond acceptors (Lipinski definition) is 2. The molecule has 0 aliphatic carbocycles. The van der Waals surface area contributed by atoms with E-state index in [1.54, 1.807) is 0 Å². The highest BCUT2D eigenvalue weighted by Crippen LogP contribution is 2.34. The Hall–Kier alpha value is 0.260. The van der Waals surface area contributed by atoms with Gasteiger partial charge in [-0.15, -0.1) is 23.1 Å². The van der Waals surface area contributed by atoms with Crippen LogP contribution < -0.4 is 0 Å². The second kappa shape index (κ2) is 3.79. The molecule has 0 unspecified atom stereocenters. The van der Waals surface area contributed by atoms with Crippen LogP contribution in [0, 0.1) is 10.5 Å². The summed E-state index contributed by atoms with van der Waals surface area (Å²) < 4.78 is 2.81. The van der Waals surface area contributed by atoms with Crippen molar-refractivity contribution in [1.29, 1.82) is 0 Å². The van der Waals surface area contributed by atoms with Crippen LogP contribution in [0.4, 0.5) is 0 Å². The molecule has 2 aromatic rings. The minimum absolute atomic E-state index is 1.37. The number of thiophene rings is 1. The maximum absolute atomic E-state index is 2.40. The minimum atomic E-state index is 1.37. The van der Waals surface area contributed by atoms with E-state index in [1.807, 2.05) is 23.1 Å². The third-order valence-electron chi connectivity index (χ3n) is 2.11. The summed E-state index contributed by atoms with van der Waals surface area (Å²) in [5.74, 6) is 0. The maximum Gasteiger partial charge on any atom is 0.0394 e. The molecule has 0 N–H and O–H groups in total. The lowest BCUT2D eigenvalue weighted by Gasteiger charge is -2.02. The van der Waals surface area contributed by atoms with E-state index in [0.717, 1.165) is 0 Å². The Morgan fingerprint density at radius 1 is 1.38 bits per heavy atom. The predicted molar refractivity (Wildman–Crippen MR) is 71.1 cm³/mol. The van der Waals surface area contributed by atoms with Gasteiger partial charge in [-0.05, 0) is 47.4 Å². The Balaban J connectivity index is 2.80.